The first-order valence-electron chi connectivity index (χ1n) is 13.6. The van der Waals surface area contributed by atoms with E-state index in [1.165, 1.54) is 6.20 Å². The molecule has 10 heteroatoms. The minimum absolute atomic E-state index is 0.00363. The van der Waals surface area contributed by atoms with Crippen molar-refractivity contribution < 1.29 is 19.4 Å². The lowest BCUT2D eigenvalue weighted by atomic mass is 10.0. The van der Waals surface area contributed by atoms with Gasteiger partial charge in [0.2, 0.25) is 0 Å². The van der Waals surface area contributed by atoms with Gasteiger partial charge in [-0.15, -0.1) is 0 Å². The van der Waals surface area contributed by atoms with Gasteiger partial charge in [-0.25, -0.2) is 15.0 Å². The van der Waals surface area contributed by atoms with E-state index in [0.29, 0.717) is 29.4 Å². The summed E-state index contributed by atoms with van der Waals surface area (Å²) in [6, 6.07) is 24.9. The van der Waals surface area contributed by atoms with E-state index in [4.69, 9.17) is 9.47 Å². The zero-order valence-corrected chi connectivity index (χ0v) is 23.5. The number of nitrogens with zero attached hydrogens (tertiary/aromatic N) is 4. The van der Waals surface area contributed by atoms with Crippen LogP contribution >= 0.6 is 11.8 Å². The van der Waals surface area contributed by atoms with Crippen molar-refractivity contribution in [1.29, 1.82) is 0 Å². The number of amides is 1. The number of carbonyl (C=O) groups is 1. The Balaban J connectivity index is 1.12. The number of aliphatic hydroxyl groups excluding tert-OH is 1. The number of para-hydroxylation sites is 2. The molecule has 3 atom stereocenters. The number of benzene rings is 3. The van der Waals surface area contributed by atoms with E-state index in [0.717, 1.165) is 27.8 Å². The summed E-state index contributed by atoms with van der Waals surface area (Å²) in [5.41, 5.74) is 5.40. The summed E-state index contributed by atoms with van der Waals surface area (Å²) in [7, 11) is 0. The second-order valence-corrected chi connectivity index (χ2v) is 10.8. The fourth-order valence-corrected chi connectivity index (χ4v) is 5.50. The van der Waals surface area contributed by atoms with Crippen LogP contribution in [0.2, 0.25) is 0 Å². The number of fused-ring (bicyclic) bond motifs is 1. The molecule has 6 rings (SSSR count). The monoisotopic (exact) mass is 579 g/mol. The second-order valence-electron chi connectivity index (χ2n) is 9.86. The summed E-state index contributed by atoms with van der Waals surface area (Å²) < 4.78 is 12.8. The van der Waals surface area contributed by atoms with Crippen molar-refractivity contribution in [2.75, 3.05) is 5.75 Å². The standard InChI is InChI=1S/C32H29N5O4S/c38-19-22-8-10-23(11-9-22)29-16-25(20-42-32-33-14-3-15-34-32)40-31(41-29)24-12-6-21(7-13-24)17-36-30(39)28-18-35-26-4-1-2-5-27(26)37-28/h1-15,18,25,29,31,38H,16-17,19-20H2,(H,36,39). The van der Waals surface area contributed by atoms with Crippen molar-refractivity contribution in [3.05, 3.63) is 125 Å². The molecule has 3 aromatic carbocycles. The Kier molecular flexibility index (Phi) is 8.76. The van der Waals surface area contributed by atoms with Gasteiger partial charge in [-0.2, -0.15) is 0 Å². The quantitative estimate of drug-likeness (QED) is 0.180. The number of nitrogens with one attached hydrogen (secondary N) is 1. The molecule has 42 heavy (non-hydrogen) atoms. The minimum atomic E-state index is -0.569. The smallest absolute Gasteiger partial charge is 0.271 e. The Morgan fingerprint density at radius 2 is 1.57 bits per heavy atom. The molecule has 1 aliphatic rings. The normalized spacial score (nSPS) is 18.5. The maximum absolute atomic E-state index is 12.7. The molecule has 0 bridgehead atoms. The second kappa shape index (κ2) is 13.2. The summed E-state index contributed by atoms with van der Waals surface area (Å²) in [4.78, 5) is 30.1. The van der Waals surface area contributed by atoms with Crippen molar-refractivity contribution >= 4 is 28.7 Å². The number of hydrogen-bond acceptors (Lipinski definition) is 9. The van der Waals surface area contributed by atoms with Crippen molar-refractivity contribution in [2.45, 2.75) is 43.2 Å². The summed E-state index contributed by atoms with van der Waals surface area (Å²) in [6.07, 6.45) is 4.78. The van der Waals surface area contributed by atoms with E-state index in [-0.39, 0.29) is 30.4 Å². The van der Waals surface area contributed by atoms with Crippen molar-refractivity contribution in [2.24, 2.45) is 0 Å². The number of ether oxygens (including phenoxy) is 2. The van der Waals surface area contributed by atoms with E-state index < -0.39 is 6.29 Å². The number of carbonyl (C=O) groups excluding carboxylic acids is 1. The summed E-state index contributed by atoms with van der Waals surface area (Å²) >= 11 is 1.55. The number of aromatic nitrogens is 4. The molecule has 3 unspecified atom stereocenters. The zero-order chi connectivity index (χ0) is 28.7. The average molecular weight is 580 g/mol. The lowest BCUT2D eigenvalue weighted by molar-refractivity contribution is -0.245. The molecule has 212 valence electrons. The van der Waals surface area contributed by atoms with Crippen LogP contribution in [0, 0.1) is 0 Å². The Bertz CT molecular complexity index is 1640. The largest absolute Gasteiger partial charge is 0.392 e. The highest BCUT2D eigenvalue weighted by molar-refractivity contribution is 7.99. The van der Waals surface area contributed by atoms with Crippen molar-refractivity contribution in [3.8, 4) is 0 Å². The van der Waals surface area contributed by atoms with Gasteiger partial charge in [-0.1, -0.05) is 72.4 Å². The Morgan fingerprint density at radius 1 is 0.857 bits per heavy atom. The summed E-state index contributed by atoms with van der Waals surface area (Å²) in [6.45, 7) is 0.340. The van der Waals surface area contributed by atoms with Crippen LogP contribution in [0.4, 0.5) is 0 Å². The van der Waals surface area contributed by atoms with Gasteiger partial charge in [0.15, 0.2) is 11.4 Å². The first-order chi connectivity index (χ1) is 20.6. The first-order valence-corrected chi connectivity index (χ1v) is 14.6. The van der Waals surface area contributed by atoms with E-state index in [1.807, 2.05) is 72.8 Å². The van der Waals surface area contributed by atoms with Crippen LogP contribution < -0.4 is 5.32 Å². The third-order valence-corrected chi connectivity index (χ3v) is 7.95. The van der Waals surface area contributed by atoms with Gasteiger partial charge in [-0.05, 0) is 34.9 Å². The number of hydrogen-bond donors (Lipinski definition) is 2. The number of thioether (sulfide) groups is 1. The van der Waals surface area contributed by atoms with Crippen molar-refractivity contribution in [3.63, 3.8) is 0 Å². The van der Waals surface area contributed by atoms with E-state index in [2.05, 4.69) is 25.3 Å². The maximum Gasteiger partial charge on any atom is 0.271 e. The Hall–Kier alpha value is -4.22. The molecule has 1 aliphatic heterocycles. The maximum atomic E-state index is 12.7. The highest BCUT2D eigenvalue weighted by Crippen LogP contribution is 2.39. The minimum Gasteiger partial charge on any atom is -0.392 e. The lowest BCUT2D eigenvalue weighted by Gasteiger charge is -2.36. The third kappa shape index (κ3) is 6.80. The molecule has 3 heterocycles. The molecular formula is C32H29N5O4S. The highest BCUT2D eigenvalue weighted by atomic mass is 32.2. The summed E-state index contributed by atoms with van der Waals surface area (Å²) in [5.74, 6) is 0.394. The molecule has 1 saturated heterocycles. The van der Waals surface area contributed by atoms with Gasteiger partial charge in [0.1, 0.15) is 5.69 Å². The molecule has 9 nitrogen and oxygen atoms in total. The molecule has 0 saturated carbocycles. The average Bonchev–Trinajstić information content (AvgIpc) is 3.06. The predicted molar refractivity (Wildman–Crippen MR) is 158 cm³/mol. The van der Waals surface area contributed by atoms with Crippen LogP contribution in [-0.2, 0) is 22.6 Å². The predicted octanol–water partition coefficient (Wildman–Crippen LogP) is 5.18. The van der Waals surface area contributed by atoms with Gasteiger partial charge in [-0.3, -0.25) is 9.78 Å². The molecule has 1 fully saturated rings. The van der Waals surface area contributed by atoms with Crippen molar-refractivity contribution in [1.82, 2.24) is 25.3 Å². The zero-order valence-electron chi connectivity index (χ0n) is 22.7. The topological polar surface area (TPSA) is 119 Å². The summed E-state index contributed by atoms with van der Waals surface area (Å²) in [5, 5.41) is 13.1. The first kappa shape index (κ1) is 27.9. The van der Waals surface area contributed by atoms with E-state index >= 15 is 0 Å². The van der Waals surface area contributed by atoms with Gasteiger partial charge < -0.3 is 19.9 Å². The molecule has 0 radical (unpaired) electrons. The Labute approximate surface area is 247 Å². The van der Waals surface area contributed by atoms with Crippen LogP contribution in [-0.4, -0.2) is 42.8 Å². The SMILES string of the molecule is O=C(NCc1ccc(C2OC(CSc3ncccn3)CC(c3ccc(CO)cc3)O2)cc1)c1cnc2ccccc2n1. The van der Waals surface area contributed by atoms with Crippen LogP contribution in [0.15, 0.2) is 103 Å². The molecule has 0 spiro atoms. The van der Waals surface area contributed by atoms with Crippen LogP contribution in [0.1, 0.15) is 51.6 Å². The van der Waals surface area contributed by atoms with Crippen LogP contribution in [0.3, 0.4) is 0 Å². The van der Waals surface area contributed by atoms with Gasteiger partial charge >= 0.3 is 0 Å². The van der Waals surface area contributed by atoms with Gasteiger partial charge in [0.05, 0.1) is 36.0 Å². The van der Waals surface area contributed by atoms with Crippen LogP contribution in [0.25, 0.3) is 11.0 Å². The van der Waals surface area contributed by atoms with Gasteiger partial charge in [0.25, 0.3) is 5.91 Å². The number of aliphatic hydroxyl groups is 1. The fourth-order valence-electron chi connectivity index (χ4n) is 4.68. The number of rotatable bonds is 9. The molecule has 2 N–H and O–H groups in total. The third-order valence-electron chi connectivity index (χ3n) is 6.94. The molecule has 5 aromatic rings. The molecular weight excluding hydrogens is 550 g/mol. The van der Waals surface area contributed by atoms with E-state index in [1.54, 1.807) is 30.2 Å². The van der Waals surface area contributed by atoms with E-state index in [9.17, 15) is 9.90 Å². The fraction of sp³-hybridized carbons (Fsp3) is 0.219. The highest BCUT2D eigenvalue weighted by Gasteiger charge is 2.32. The Morgan fingerprint density at radius 3 is 2.33 bits per heavy atom. The molecule has 0 aliphatic carbocycles. The molecule has 1 amide bonds. The lowest BCUT2D eigenvalue weighted by Crippen LogP contribution is -2.31. The van der Waals surface area contributed by atoms with Gasteiger partial charge in [0, 0.05) is 36.7 Å². The van der Waals surface area contributed by atoms with Crippen LogP contribution in [0.5, 0.6) is 0 Å². The molecule has 2 aromatic heterocycles.